The number of fused-ring (bicyclic) bond motifs is 1. The zero-order valence-corrected chi connectivity index (χ0v) is 19.4. The fourth-order valence-electron chi connectivity index (χ4n) is 4.66. The monoisotopic (exact) mass is 430 g/mol. The summed E-state index contributed by atoms with van der Waals surface area (Å²) >= 11 is 0. The largest absolute Gasteiger partial charge is 0.391 e. The molecule has 0 aliphatic carbocycles. The van der Waals surface area contributed by atoms with Gasteiger partial charge in [-0.1, -0.05) is 26.0 Å². The van der Waals surface area contributed by atoms with Gasteiger partial charge >= 0.3 is 0 Å². The predicted molar refractivity (Wildman–Crippen MR) is 123 cm³/mol. The molecule has 1 aromatic heterocycles. The van der Waals surface area contributed by atoms with Crippen molar-refractivity contribution in [3.05, 3.63) is 30.1 Å². The van der Waals surface area contributed by atoms with Gasteiger partial charge in [0.1, 0.15) is 0 Å². The maximum atomic E-state index is 14.0. The van der Waals surface area contributed by atoms with Gasteiger partial charge in [-0.3, -0.25) is 4.79 Å². The smallest absolute Gasteiger partial charge is 0.290 e. The number of para-hydroxylation sites is 2. The molecule has 0 radical (unpaired) electrons. The fourth-order valence-corrected chi connectivity index (χ4v) is 4.66. The van der Waals surface area contributed by atoms with E-state index in [2.05, 4.69) is 19.2 Å². The van der Waals surface area contributed by atoms with Gasteiger partial charge in [-0.25, -0.2) is 4.98 Å². The minimum Gasteiger partial charge on any atom is -0.391 e. The molecule has 2 N–H and O–H groups in total. The van der Waals surface area contributed by atoms with Gasteiger partial charge in [-0.2, -0.15) is 0 Å². The summed E-state index contributed by atoms with van der Waals surface area (Å²) in [4.78, 5) is 20.7. The molecule has 0 spiro atoms. The average Bonchev–Trinajstić information content (AvgIpc) is 3.13. The lowest BCUT2D eigenvalue weighted by Crippen LogP contribution is -2.65. The van der Waals surface area contributed by atoms with Crippen LogP contribution >= 0.6 is 0 Å². The number of carbonyl (C=O) groups is 1. The fraction of sp³-hybridized carbons (Fsp3) is 0.667. The van der Waals surface area contributed by atoms with Gasteiger partial charge in [0, 0.05) is 33.4 Å². The van der Waals surface area contributed by atoms with Crippen LogP contribution in [-0.4, -0.2) is 70.5 Å². The minimum absolute atomic E-state index is 0.0961. The number of nitrogens with zero attached hydrogens (tertiary/aromatic N) is 3. The number of aromatic nitrogens is 2. The van der Waals surface area contributed by atoms with Crippen LogP contribution in [0, 0.1) is 5.92 Å². The molecule has 0 saturated carbocycles. The van der Waals surface area contributed by atoms with E-state index in [1.807, 2.05) is 33.7 Å². The molecule has 1 aliphatic heterocycles. The van der Waals surface area contributed by atoms with Crippen LogP contribution < -0.4 is 5.32 Å². The van der Waals surface area contributed by atoms with Crippen LogP contribution in [0.15, 0.2) is 24.3 Å². The zero-order valence-electron chi connectivity index (χ0n) is 19.4. The third-order valence-electron chi connectivity index (χ3n) is 6.33. The van der Waals surface area contributed by atoms with Crippen LogP contribution in [0.5, 0.6) is 0 Å². The van der Waals surface area contributed by atoms with E-state index in [9.17, 15) is 9.90 Å². The molecule has 1 amide bonds. The Balaban J connectivity index is 2.02. The highest BCUT2D eigenvalue weighted by Crippen LogP contribution is 2.31. The lowest BCUT2D eigenvalue weighted by atomic mass is 9.82. The molecule has 2 aromatic rings. The van der Waals surface area contributed by atoms with Crippen LogP contribution in [-0.2, 0) is 11.3 Å². The summed E-state index contributed by atoms with van der Waals surface area (Å²) in [7, 11) is 1.71. The van der Waals surface area contributed by atoms with E-state index in [4.69, 9.17) is 9.72 Å². The number of aliphatic hydroxyl groups is 1. The van der Waals surface area contributed by atoms with Crippen LogP contribution in [0.25, 0.3) is 11.0 Å². The number of carbonyl (C=O) groups excluding carboxylic acids is 1. The van der Waals surface area contributed by atoms with E-state index >= 15 is 0 Å². The van der Waals surface area contributed by atoms with Crippen LogP contribution in [0.1, 0.15) is 57.1 Å². The molecule has 172 valence electrons. The molecule has 0 unspecified atom stereocenters. The highest BCUT2D eigenvalue weighted by molar-refractivity contribution is 5.95. The minimum atomic E-state index is -0.637. The van der Waals surface area contributed by atoms with E-state index in [-0.39, 0.29) is 11.8 Å². The quantitative estimate of drug-likeness (QED) is 0.567. The predicted octanol–water partition coefficient (Wildman–Crippen LogP) is 3.06. The Hall–Kier alpha value is -1.96. The Morgan fingerprint density at radius 2 is 2.10 bits per heavy atom. The molecule has 7 nitrogen and oxygen atoms in total. The normalized spacial score (nSPS) is 20.3. The number of benzene rings is 1. The second-order valence-corrected chi connectivity index (χ2v) is 9.15. The number of methoxy groups -OCH3 is 1. The van der Waals surface area contributed by atoms with E-state index in [0.29, 0.717) is 32.1 Å². The van der Waals surface area contributed by atoms with Gasteiger partial charge in [0.25, 0.3) is 5.91 Å². The summed E-state index contributed by atoms with van der Waals surface area (Å²) in [6.45, 7) is 9.53. The van der Waals surface area contributed by atoms with Crippen molar-refractivity contribution in [1.29, 1.82) is 0 Å². The summed E-state index contributed by atoms with van der Waals surface area (Å²) in [5, 5.41) is 14.3. The van der Waals surface area contributed by atoms with E-state index in [1.165, 1.54) is 0 Å². The molecule has 7 heteroatoms. The molecular formula is C24H38N4O3. The van der Waals surface area contributed by atoms with Crippen LogP contribution in [0.2, 0.25) is 0 Å². The lowest BCUT2D eigenvalue weighted by Gasteiger charge is -2.49. The number of piperidine rings is 1. The topological polar surface area (TPSA) is 79.6 Å². The third kappa shape index (κ3) is 5.10. The maximum Gasteiger partial charge on any atom is 0.290 e. The van der Waals surface area contributed by atoms with Crippen molar-refractivity contribution >= 4 is 16.9 Å². The zero-order chi connectivity index (χ0) is 22.4. The van der Waals surface area contributed by atoms with Gasteiger partial charge in [0.2, 0.25) is 0 Å². The van der Waals surface area contributed by atoms with Crippen molar-refractivity contribution in [3.63, 3.8) is 0 Å². The number of rotatable bonds is 10. The first-order valence-corrected chi connectivity index (χ1v) is 11.6. The number of hydrogen-bond donors (Lipinski definition) is 2. The molecule has 2 heterocycles. The number of amides is 1. The first-order chi connectivity index (χ1) is 14.9. The van der Waals surface area contributed by atoms with E-state index in [0.717, 1.165) is 43.3 Å². The highest BCUT2D eigenvalue weighted by Gasteiger charge is 2.46. The molecular weight excluding hydrogens is 392 g/mol. The Labute approximate surface area is 185 Å². The van der Waals surface area contributed by atoms with Gasteiger partial charge in [-0.05, 0) is 57.2 Å². The average molecular weight is 431 g/mol. The van der Waals surface area contributed by atoms with Crippen molar-refractivity contribution in [2.24, 2.45) is 5.92 Å². The number of aliphatic hydroxyl groups excluding tert-OH is 1. The highest BCUT2D eigenvalue weighted by atomic mass is 16.5. The standard InChI is InChI=1S/C24H38N4O3/c1-18(2)16-28(24(19(3)29)12-9-13-25-17-24)23(30)22-26-20-10-5-6-11-21(20)27(22)14-7-8-15-31-4/h5-6,10-11,18-19,25,29H,7-9,12-17H2,1-4H3/t19-,24-/m1/s1. The van der Waals surface area contributed by atoms with Gasteiger partial charge in [0.15, 0.2) is 5.82 Å². The second kappa shape index (κ2) is 10.6. The van der Waals surface area contributed by atoms with Crippen molar-refractivity contribution < 1.29 is 14.6 Å². The summed E-state index contributed by atoms with van der Waals surface area (Å²) in [6.07, 6.45) is 2.91. The second-order valence-electron chi connectivity index (χ2n) is 9.15. The van der Waals surface area contributed by atoms with Crippen molar-refractivity contribution in [2.75, 3.05) is 33.4 Å². The Bertz CT molecular complexity index is 856. The van der Waals surface area contributed by atoms with Gasteiger partial charge in [-0.15, -0.1) is 0 Å². The Morgan fingerprint density at radius 3 is 2.74 bits per heavy atom. The molecule has 1 saturated heterocycles. The molecule has 31 heavy (non-hydrogen) atoms. The molecule has 2 atom stereocenters. The Morgan fingerprint density at radius 1 is 1.32 bits per heavy atom. The summed E-state index contributed by atoms with van der Waals surface area (Å²) < 4.78 is 7.24. The first-order valence-electron chi connectivity index (χ1n) is 11.6. The van der Waals surface area contributed by atoms with E-state index in [1.54, 1.807) is 14.0 Å². The number of imidazole rings is 1. The Kier molecular flexibility index (Phi) is 8.08. The third-order valence-corrected chi connectivity index (χ3v) is 6.33. The van der Waals surface area contributed by atoms with Crippen LogP contribution in [0.3, 0.4) is 0 Å². The maximum absolute atomic E-state index is 14.0. The number of unbranched alkanes of at least 4 members (excludes halogenated alkanes) is 1. The molecule has 1 aromatic carbocycles. The molecule has 3 rings (SSSR count). The first kappa shape index (κ1) is 23.7. The van der Waals surface area contributed by atoms with Crippen molar-refractivity contribution in [2.45, 2.75) is 64.6 Å². The SMILES string of the molecule is COCCCCn1c(C(=O)N(CC(C)C)[C@]2([C@@H](C)O)CCCNC2)nc2ccccc21. The number of hydrogen-bond acceptors (Lipinski definition) is 5. The molecule has 1 fully saturated rings. The summed E-state index contributed by atoms with van der Waals surface area (Å²) in [5.74, 6) is 0.645. The van der Waals surface area contributed by atoms with Crippen molar-refractivity contribution in [3.8, 4) is 0 Å². The molecule has 1 aliphatic rings. The number of nitrogens with one attached hydrogen (secondary N) is 1. The molecule has 0 bridgehead atoms. The number of aryl methyl sites for hydroxylation is 1. The van der Waals surface area contributed by atoms with Crippen LogP contribution in [0.4, 0.5) is 0 Å². The van der Waals surface area contributed by atoms with E-state index < -0.39 is 11.6 Å². The number of ether oxygens (including phenoxy) is 1. The lowest BCUT2D eigenvalue weighted by molar-refractivity contribution is -0.0317. The van der Waals surface area contributed by atoms with Gasteiger partial charge < -0.3 is 24.6 Å². The summed E-state index contributed by atoms with van der Waals surface area (Å²) in [5.41, 5.74) is 1.18. The van der Waals surface area contributed by atoms with Gasteiger partial charge in [0.05, 0.1) is 22.7 Å². The van der Waals surface area contributed by atoms with Crippen molar-refractivity contribution in [1.82, 2.24) is 19.8 Å². The summed E-state index contributed by atoms with van der Waals surface area (Å²) in [6, 6.07) is 7.91.